The Hall–Kier alpha value is -7.05. The van der Waals surface area contributed by atoms with Crippen molar-refractivity contribution in [2.24, 2.45) is 0 Å². The molecule has 8 aromatic rings. The molecular formula is C44H36FN9O6S. The van der Waals surface area contributed by atoms with Crippen LogP contribution in [0, 0.1) is 5.82 Å². The van der Waals surface area contributed by atoms with Gasteiger partial charge in [0.05, 0.1) is 28.3 Å². The highest BCUT2D eigenvalue weighted by molar-refractivity contribution is 7.18. The summed E-state index contributed by atoms with van der Waals surface area (Å²) in [6, 6.07) is 23.0. The number of halogens is 1. The third-order valence-electron chi connectivity index (χ3n) is 10.8. The number of phenols is 2. The number of aromatic amines is 1. The SMILES string of the molecule is O=C(NCc1ccc2nc(CCNCCc3nc4c(NCc5ncccc5F)ncnc4s3)[nH]c2c1)c1ccc2c(c1)C1(OC2O)c2ccc(O)cc2Oc2cc(O)ccc21. The molecule has 0 fully saturated rings. The van der Waals surface area contributed by atoms with Gasteiger partial charge in [0.25, 0.3) is 5.91 Å². The number of benzene rings is 4. The van der Waals surface area contributed by atoms with Gasteiger partial charge in [0.15, 0.2) is 17.7 Å². The van der Waals surface area contributed by atoms with Gasteiger partial charge in [0.1, 0.15) is 51.3 Å². The Labute approximate surface area is 350 Å². The third kappa shape index (κ3) is 7.12. The standard InChI is InChI=1S/C44H36FN9O6S/c45-31-2-1-13-47-34(31)21-48-40-39-42(51-22-50-40)61-38(54-39)12-15-46-14-11-37-52-32-10-3-23(16-33(32)53-37)20-49-41(57)24-4-7-27-30(17-24)44(60-43(27)58)28-8-5-25(55)18-35(28)59-36-19-26(56)6-9-29(36)44/h1-10,13,16-19,22,43,46,55-56,58H,11-12,14-15,20-21H2,(H,49,57)(H,52,53)(H,48,50,51). The van der Waals surface area contributed by atoms with Crippen molar-refractivity contribution in [1.29, 1.82) is 0 Å². The van der Waals surface area contributed by atoms with Crippen molar-refractivity contribution in [3.8, 4) is 23.0 Å². The normalized spacial score (nSPS) is 14.8. The number of aliphatic hydroxyl groups excluding tert-OH is 1. The lowest BCUT2D eigenvalue weighted by molar-refractivity contribution is -0.142. The summed E-state index contributed by atoms with van der Waals surface area (Å²) >= 11 is 1.50. The van der Waals surface area contributed by atoms with Crippen LogP contribution in [0.4, 0.5) is 10.2 Å². The van der Waals surface area contributed by atoms with Crippen LogP contribution in [-0.2, 0) is 36.3 Å². The second kappa shape index (κ2) is 15.5. The number of ether oxygens (including phenoxy) is 2. The maximum absolute atomic E-state index is 14.0. The van der Waals surface area contributed by atoms with Crippen LogP contribution in [0.2, 0.25) is 0 Å². The van der Waals surface area contributed by atoms with E-state index in [1.54, 1.807) is 42.6 Å². The van der Waals surface area contributed by atoms with E-state index in [0.717, 1.165) is 32.3 Å². The van der Waals surface area contributed by atoms with Gasteiger partial charge in [0, 0.05) is 78.6 Å². The van der Waals surface area contributed by atoms with E-state index in [4.69, 9.17) is 19.4 Å². The number of nitrogens with one attached hydrogen (secondary N) is 4. The Kier molecular flexibility index (Phi) is 9.71. The van der Waals surface area contributed by atoms with Crippen molar-refractivity contribution in [2.45, 2.75) is 37.8 Å². The maximum atomic E-state index is 14.0. The Morgan fingerprint density at radius 2 is 1.67 bits per heavy atom. The van der Waals surface area contributed by atoms with E-state index in [9.17, 15) is 24.5 Å². The molecule has 306 valence electrons. The Bertz CT molecular complexity index is 2940. The second-order valence-corrected chi connectivity index (χ2v) is 15.7. The summed E-state index contributed by atoms with van der Waals surface area (Å²) in [6.45, 7) is 1.82. The number of aromatic hydroxyl groups is 2. The Morgan fingerprint density at radius 3 is 2.48 bits per heavy atom. The molecule has 0 saturated carbocycles. The molecule has 4 aromatic heterocycles. The zero-order chi connectivity index (χ0) is 41.7. The second-order valence-electron chi connectivity index (χ2n) is 14.7. The quantitative estimate of drug-likeness (QED) is 0.0680. The van der Waals surface area contributed by atoms with Crippen molar-refractivity contribution in [3.63, 3.8) is 0 Å². The number of carbonyl (C=O) groups is 1. The molecule has 4 aromatic carbocycles. The summed E-state index contributed by atoms with van der Waals surface area (Å²) in [5.41, 5.74) is 4.55. The van der Waals surface area contributed by atoms with Crippen molar-refractivity contribution in [1.82, 2.24) is 40.5 Å². The van der Waals surface area contributed by atoms with E-state index in [0.29, 0.717) is 82.3 Å². The van der Waals surface area contributed by atoms with E-state index in [1.165, 1.54) is 48.0 Å². The van der Waals surface area contributed by atoms with Gasteiger partial charge in [-0.05, 0) is 66.2 Å². The number of thiazole rings is 1. The highest BCUT2D eigenvalue weighted by Gasteiger charge is 2.53. The van der Waals surface area contributed by atoms with Crippen LogP contribution in [0.1, 0.15) is 61.0 Å². The zero-order valence-corrected chi connectivity index (χ0v) is 33.0. The topological polar surface area (TPSA) is 213 Å². The third-order valence-corrected chi connectivity index (χ3v) is 11.8. The number of hydrogen-bond acceptors (Lipinski definition) is 14. The lowest BCUT2D eigenvalue weighted by Gasteiger charge is -2.37. The summed E-state index contributed by atoms with van der Waals surface area (Å²) in [7, 11) is 0. The van der Waals surface area contributed by atoms with Crippen molar-refractivity contribution >= 4 is 44.4 Å². The van der Waals surface area contributed by atoms with Crippen molar-refractivity contribution in [2.75, 3.05) is 18.4 Å². The number of amides is 1. The number of rotatable bonds is 12. The molecule has 0 saturated heterocycles. The first-order valence-electron chi connectivity index (χ1n) is 19.5. The molecule has 1 atom stereocenters. The van der Waals surface area contributed by atoms with Gasteiger partial charge in [-0.15, -0.1) is 0 Å². The van der Waals surface area contributed by atoms with Crippen LogP contribution in [0.3, 0.4) is 0 Å². The average Bonchev–Trinajstić information content (AvgIpc) is 3.95. The average molecular weight is 838 g/mol. The van der Waals surface area contributed by atoms with Gasteiger partial charge in [-0.2, -0.15) is 0 Å². The first-order chi connectivity index (χ1) is 29.7. The van der Waals surface area contributed by atoms with Crippen LogP contribution < -0.4 is 20.7 Å². The van der Waals surface area contributed by atoms with E-state index in [1.807, 2.05) is 18.2 Å². The fraction of sp³-hybridized carbons (Fsp3) is 0.182. The number of aliphatic hydroxyl groups is 1. The van der Waals surface area contributed by atoms with E-state index >= 15 is 0 Å². The van der Waals surface area contributed by atoms with Gasteiger partial charge in [-0.3, -0.25) is 9.78 Å². The van der Waals surface area contributed by atoms with Gasteiger partial charge in [-0.25, -0.2) is 24.3 Å². The number of phenolic OH excluding ortho intramolecular Hbond substituents is 2. The van der Waals surface area contributed by atoms with Crippen LogP contribution in [0.25, 0.3) is 21.4 Å². The van der Waals surface area contributed by atoms with Gasteiger partial charge in [0.2, 0.25) is 0 Å². The molecule has 1 unspecified atom stereocenters. The van der Waals surface area contributed by atoms with E-state index in [-0.39, 0.29) is 36.3 Å². The fourth-order valence-electron chi connectivity index (χ4n) is 7.86. The predicted octanol–water partition coefficient (Wildman–Crippen LogP) is 6.24. The number of aromatic nitrogens is 6. The first kappa shape index (κ1) is 38.2. The molecule has 10 rings (SSSR count). The van der Waals surface area contributed by atoms with Crippen LogP contribution in [0.5, 0.6) is 23.0 Å². The molecule has 1 amide bonds. The molecule has 7 N–H and O–H groups in total. The van der Waals surface area contributed by atoms with Crippen LogP contribution in [0.15, 0.2) is 97.5 Å². The summed E-state index contributed by atoms with van der Waals surface area (Å²) < 4.78 is 26.4. The molecule has 0 aliphatic carbocycles. The minimum absolute atomic E-state index is 0.0286. The lowest BCUT2D eigenvalue weighted by Crippen LogP contribution is -2.33. The van der Waals surface area contributed by atoms with Crippen molar-refractivity contribution in [3.05, 3.63) is 153 Å². The monoisotopic (exact) mass is 837 g/mol. The number of imidazole rings is 1. The largest absolute Gasteiger partial charge is 0.508 e. The smallest absolute Gasteiger partial charge is 0.251 e. The van der Waals surface area contributed by atoms with Crippen LogP contribution in [-0.4, -0.2) is 64.2 Å². The molecular weight excluding hydrogens is 802 g/mol. The minimum atomic E-state index is -1.38. The van der Waals surface area contributed by atoms with Crippen molar-refractivity contribution < 1.29 is 34.0 Å². The molecule has 0 bridgehead atoms. The van der Waals surface area contributed by atoms with Gasteiger partial charge < -0.3 is 45.7 Å². The van der Waals surface area contributed by atoms with Gasteiger partial charge in [-0.1, -0.05) is 23.5 Å². The summed E-state index contributed by atoms with van der Waals surface area (Å²) in [6.07, 6.45) is 3.07. The number of anilines is 1. The highest BCUT2D eigenvalue weighted by Crippen LogP contribution is 2.59. The first-order valence-corrected chi connectivity index (χ1v) is 20.3. The molecule has 61 heavy (non-hydrogen) atoms. The molecule has 6 heterocycles. The Morgan fingerprint density at radius 1 is 0.869 bits per heavy atom. The molecule has 2 aliphatic heterocycles. The Balaban J connectivity index is 0.766. The predicted molar refractivity (Wildman–Crippen MR) is 223 cm³/mol. The number of pyridine rings is 1. The maximum Gasteiger partial charge on any atom is 0.251 e. The minimum Gasteiger partial charge on any atom is -0.508 e. The molecule has 2 aliphatic rings. The number of carbonyl (C=O) groups excluding carboxylic acids is 1. The number of hydrogen-bond donors (Lipinski definition) is 7. The molecule has 17 heteroatoms. The zero-order valence-electron chi connectivity index (χ0n) is 32.1. The van der Waals surface area contributed by atoms with E-state index < -0.39 is 11.9 Å². The molecule has 0 radical (unpaired) electrons. The number of nitrogens with zero attached hydrogens (tertiary/aromatic N) is 5. The summed E-state index contributed by atoms with van der Waals surface area (Å²) in [4.78, 5) is 40.1. The van der Waals surface area contributed by atoms with Crippen LogP contribution >= 0.6 is 11.3 Å². The van der Waals surface area contributed by atoms with Gasteiger partial charge >= 0.3 is 0 Å². The van der Waals surface area contributed by atoms with E-state index in [2.05, 4.69) is 35.9 Å². The lowest BCUT2D eigenvalue weighted by atomic mass is 9.77. The summed E-state index contributed by atoms with van der Waals surface area (Å²) in [5.74, 6) is 1.18. The highest BCUT2D eigenvalue weighted by atomic mass is 32.1. The fourth-order valence-corrected chi connectivity index (χ4v) is 8.77. The molecule has 1 spiro atoms. The molecule has 15 nitrogen and oxygen atoms in total. The number of fused-ring (bicyclic) bond motifs is 8. The number of H-pyrrole nitrogens is 1. The summed E-state index contributed by atoms with van der Waals surface area (Å²) in [5, 5.41) is 42.1.